The summed E-state index contributed by atoms with van der Waals surface area (Å²) in [6.45, 7) is 3.46. The molecule has 0 saturated heterocycles. The number of rotatable bonds is 2. The first-order valence-electron chi connectivity index (χ1n) is 5.75. The standard InChI is InChI=1S/C14H14FNO2/c1-3-11-12(9-4-6-10(15)7-5-9)16-14(18)8(2)13(11)17/h4-7H,3H2,1-2H3,(H2,16,17,18). The molecular formula is C14H14FNO2. The summed E-state index contributed by atoms with van der Waals surface area (Å²) in [5, 5.41) is 9.98. The molecule has 4 heteroatoms. The summed E-state index contributed by atoms with van der Waals surface area (Å²) in [5.74, 6) is -0.323. The Morgan fingerprint density at radius 1 is 1.28 bits per heavy atom. The number of H-pyrrole nitrogens is 1. The van der Waals surface area contributed by atoms with Gasteiger partial charge < -0.3 is 10.1 Å². The van der Waals surface area contributed by atoms with E-state index in [0.29, 0.717) is 28.8 Å². The largest absolute Gasteiger partial charge is 0.507 e. The van der Waals surface area contributed by atoms with E-state index in [1.54, 1.807) is 19.1 Å². The number of aromatic hydroxyl groups is 1. The fourth-order valence-corrected chi connectivity index (χ4v) is 1.94. The van der Waals surface area contributed by atoms with E-state index in [9.17, 15) is 14.3 Å². The van der Waals surface area contributed by atoms with E-state index in [-0.39, 0.29) is 17.1 Å². The Bertz CT molecular complexity index is 629. The minimum atomic E-state index is -0.338. The van der Waals surface area contributed by atoms with E-state index in [2.05, 4.69) is 4.98 Å². The molecule has 0 aliphatic carbocycles. The van der Waals surface area contributed by atoms with Gasteiger partial charge in [0.1, 0.15) is 11.6 Å². The molecule has 0 saturated carbocycles. The van der Waals surface area contributed by atoms with Crippen molar-refractivity contribution in [3.63, 3.8) is 0 Å². The zero-order chi connectivity index (χ0) is 13.3. The lowest BCUT2D eigenvalue weighted by Crippen LogP contribution is -2.13. The third kappa shape index (κ3) is 2.01. The van der Waals surface area contributed by atoms with E-state index in [1.807, 2.05) is 6.92 Å². The molecule has 1 heterocycles. The third-order valence-electron chi connectivity index (χ3n) is 3.01. The zero-order valence-electron chi connectivity index (χ0n) is 10.2. The Balaban J connectivity index is 2.71. The van der Waals surface area contributed by atoms with Crippen LogP contribution in [-0.2, 0) is 6.42 Å². The molecule has 0 spiro atoms. The molecule has 0 amide bonds. The Hall–Kier alpha value is -2.10. The number of aromatic nitrogens is 1. The van der Waals surface area contributed by atoms with Crippen molar-refractivity contribution in [2.75, 3.05) is 0 Å². The highest BCUT2D eigenvalue weighted by molar-refractivity contribution is 5.66. The quantitative estimate of drug-likeness (QED) is 0.857. The number of pyridine rings is 1. The number of benzene rings is 1. The molecule has 94 valence electrons. The maximum Gasteiger partial charge on any atom is 0.255 e. The van der Waals surface area contributed by atoms with Gasteiger partial charge in [-0.25, -0.2) is 4.39 Å². The lowest BCUT2D eigenvalue weighted by Gasteiger charge is -2.11. The van der Waals surface area contributed by atoms with Gasteiger partial charge in [-0.2, -0.15) is 0 Å². The molecule has 0 aliphatic heterocycles. The van der Waals surface area contributed by atoms with Crippen molar-refractivity contribution in [2.45, 2.75) is 20.3 Å². The first-order chi connectivity index (χ1) is 8.54. The summed E-state index contributed by atoms with van der Waals surface area (Å²) in [6, 6.07) is 5.80. The SMILES string of the molecule is CCc1c(-c2ccc(F)cc2)[nH]c(=O)c(C)c1O. The predicted molar refractivity (Wildman–Crippen MR) is 68.2 cm³/mol. The number of nitrogens with one attached hydrogen (secondary N) is 1. The summed E-state index contributed by atoms with van der Waals surface area (Å²) in [5.41, 5.74) is 1.87. The van der Waals surface area contributed by atoms with Gasteiger partial charge in [0, 0.05) is 5.56 Å². The first-order valence-corrected chi connectivity index (χ1v) is 5.75. The van der Waals surface area contributed by atoms with Gasteiger partial charge in [-0.3, -0.25) is 4.79 Å². The molecule has 18 heavy (non-hydrogen) atoms. The highest BCUT2D eigenvalue weighted by Gasteiger charge is 2.14. The molecular weight excluding hydrogens is 233 g/mol. The van der Waals surface area contributed by atoms with Crippen molar-refractivity contribution in [1.82, 2.24) is 4.98 Å². The van der Waals surface area contributed by atoms with Gasteiger partial charge in [0.25, 0.3) is 5.56 Å². The van der Waals surface area contributed by atoms with Crippen molar-refractivity contribution in [3.05, 3.63) is 51.6 Å². The van der Waals surface area contributed by atoms with Crippen molar-refractivity contribution < 1.29 is 9.50 Å². The maximum atomic E-state index is 12.9. The van der Waals surface area contributed by atoms with Crippen LogP contribution in [-0.4, -0.2) is 10.1 Å². The maximum absolute atomic E-state index is 12.9. The molecule has 0 aliphatic rings. The third-order valence-corrected chi connectivity index (χ3v) is 3.01. The monoisotopic (exact) mass is 247 g/mol. The average molecular weight is 247 g/mol. The normalized spacial score (nSPS) is 10.6. The van der Waals surface area contributed by atoms with Crippen molar-refractivity contribution >= 4 is 0 Å². The van der Waals surface area contributed by atoms with Crippen LogP contribution in [0.5, 0.6) is 5.75 Å². The van der Waals surface area contributed by atoms with Crippen LogP contribution in [0.25, 0.3) is 11.3 Å². The zero-order valence-corrected chi connectivity index (χ0v) is 10.2. The molecule has 0 atom stereocenters. The van der Waals surface area contributed by atoms with Gasteiger partial charge in [0.15, 0.2) is 0 Å². The van der Waals surface area contributed by atoms with Gasteiger partial charge in [-0.1, -0.05) is 6.92 Å². The topological polar surface area (TPSA) is 53.1 Å². The van der Waals surface area contributed by atoms with Gasteiger partial charge in [0.05, 0.1) is 11.3 Å². The second-order valence-corrected chi connectivity index (χ2v) is 4.14. The van der Waals surface area contributed by atoms with E-state index in [0.717, 1.165) is 0 Å². The number of aromatic amines is 1. The van der Waals surface area contributed by atoms with Crippen LogP contribution in [0.1, 0.15) is 18.1 Å². The van der Waals surface area contributed by atoms with Crippen LogP contribution in [0.4, 0.5) is 4.39 Å². The molecule has 2 rings (SSSR count). The predicted octanol–water partition coefficient (Wildman–Crippen LogP) is 2.76. The number of halogens is 1. The molecule has 2 aromatic rings. The fraction of sp³-hybridized carbons (Fsp3) is 0.214. The lowest BCUT2D eigenvalue weighted by molar-refractivity contribution is 0.463. The minimum Gasteiger partial charge on any atom is -0.507 e. The summed E-state index contributed by atoms with van der Waals surface area (Å²) < 4.78 is 12.9. The Morgan fingerprint density at radius 3 is 2.44 bits per heavy atom. The Labute approximate surface area is 104 Å². The Kier molecular flexibility index (Phi) is 3.19. The summed E-state index contributed by atoms with van der Waals surface area (Å²) in [7, 11) is 0. The Morgan fingerprint density at radius 2 is 1.89 bits per heavy atom. The summed E-state index contributed by atoms with van der Waals surface area (Å²) in [6.07, 6.45) is 0.580. The summed E-state index contributed by atoms with van der Waals surface area (Å²) in [4.78, 5) is 14.4. The lowest BCUT2D eigenvalue weighted by atomic mass is 10.0. The molecule has 0 unspecified atom stereocenters. The van der Waals surface area contributed by atoms with Crippen LogP contribution in [0.2, 0.25) is 0 Å². The minimum absolute atomic E-state index is 0.0144. The smallest absolute Gasteiger partial charge is 0.255 e. The first kappa shape index (κ1) is 12.4. The average Bonchev–Trinajstić information content (AvgIpc) is 2.37. The van der Waals surface area contributed by atoms with Crippen molar-refractivity contribution in [2.24, 2.45) is 0 Å². The second kappa shape index (κ2) is 4.64. The van der Waals surface area contributed by atoms with E-state index < -0.39 is 0 Å². The highest BCUT2D eigenvalue weighted by atomic mass is 19.1. The van der Waals surface area contributed by atoms with Gasteiger partial charge >= 0.3 is 0 Å². The van der Waals surface area contributed by atoms with Crippen molar-refractivity contribution in [3.8, 4) is 17.0 Å². The number of hydrogen-bond acceptors (Lipinski definition) is 2. The molecule has 1 aromatic heterocycles. The van der Waals surface area contributed by atoms with Crippen molar-refractivity contribution in [1.29, 1.82) is 0 Å². The highest BCUT2D eigenvalue weighted by Crippen LogP contribution is 2.29. The molecule has 2 N–H and O–H groups in total. The number of hydrogen-bond donors (Lipinski definition) is 2. The van der Waals surface area contributed by atoms with E-state index >= 15 is 0 Å². The molecule has 0 bridgehead atoms. The van der Waals surface area contributed by atoms with Crippen LogP contribution >= 0.6 is 0 Å². The van der Waals surface area contributed by atoms with Gasteiger partial charge in [-0.05, 0) is 43.2 Å². The van der Waals surface area contributed by atoms with Crippen LogP contribution < -0.4 is 5.56 Å². The van der Waals surface area contributed by atoms with Crippen LogP contribution in [0, 0.1) is 12.7 Å². The summed E-state index contributed by atoms with van der Waals surface area (Å²) >= 11 is 0. The molecule has 3 nitrogen and oxygen atoms in total. The molecule has 1 aromatic carbocycles. The second-order valence-electron chi connectivity index (χ2n) is 4.14. The molecule has 0 radical (unpaired) electrons. The van der Waals surface area contributed by atoms with Crippen LogP contribution in [0.15, 0.2) is 29.1 Å². The molecule has 0 fully saturated rings. The fourth-order valence-electron chi connectivity index (χ4n) is 1.94. The van der Waals surface area contributed by atoms with Crippen LogP contribution in [0.3, 0.4) is 0 Å². The van der Waals surface area contributed by atoms with E-state index in [4.69, 9.17) is 0 Å². The van der Waals surface area contributed by atoms with E-state index in [1.165, 1.54) is 12.1 Å². The van der Waals surface area contributed by atoms with Gasteiger partial charge in [-0.15, -0.1) is 0 Å². The van der Waals surface area contributed by atoms with Gasteiger partial charge in [0.2, 0.25) is 0 Å².